The molecule has 8 heteroatoms. The molecule has 3 rings (SSSR count). The first kappa shape index (κ1) is 22.2. The minimum atomic E-state index is -3.56. The normalized spacial score (nSPS) is 15.9. The van der Waals surface area contributed by atoms with Crippen LogP contribution in [0.1, 0.15) is 66.4 Å². The Morgan fingerprint density at radius 1 is 1.13 bits per heavy atom. The third kappa shape index (κ3) is 4.06. The van der Waals surface area contributed by atoms with Gasteiger partial charge in [0.05, 0.1) is 10.5 Å². The van der Waals surface area contributed by atoms with E-state index in [0.29, 0.717) is 48.5 Å². The molecule has 0 aliphatic heterocycles. The number of hydrogen-bond donors (Lipinski definition) is 1. The number of anilines is 1. The highest BCUT2D eigenvalue weighted by Gasteiger charge is 2.37. The number of nitrogens with one attached hydrogen (secondary N) is 1. The summed E-state index contributed by atoms with van der Waals surface area (Å²) in [4.78, 5) is 25.4. The molecular weight excluding hydrogens is 404 g/mol. The molecule has 0 saturated heterocycles. The summed E-state index contributed by atoms with van der Waals surface area (Å²) in [7, 11) is -3.56. The van der Waals surface area contributed by atoms with E-state index in [1.54, 1.807) is 32.9 Å². The number of ketones is 1. The van der Waals surface area contributed by atoms with Gasteiger partial charge in [0.1, 0.15) is 5.76 Å². The molecule has 0 radical (unpaired) electrons. The standard InChI is InChI=1S/C22H28N2O5S/c1-6-24(7-2)30(27,28)16-10-8-15(9-11-16)23-21(26)20-14(3)19-17(25)12-22(4,5)13-18(19)29-20/h8-11H,6-7,12-13H2,1-5H3,(H,23,26). The van der Waals surface area contributed by atoms with Crippen LogP contribution in [-0.2, 0) is 16.4 Å². The fourth-order valence-electron chi connectivity index (χ4n) is 3.91. The Morgan fingerprint density at radius 3 is 2.30 bits per heavy atom. The summed E-state index contributed by atoms with van der Waals surface area (Å²) in [5, 5.41) is 2.73. The highest BCUT2D eigenvalue weighted by atomic mass is 32.2. The molecule has 0 atom stereocenters. The van der Waals surface area contributed by atoms with Crippen molar-refractivity contribution in [2.75, 3.05) is 18.4 Å². The molecule has 7 nitrogen and oxygen atoms in total. The van der Waals surface area contributed by atoms with Crippen LogP contribution >= 0.6 is 0 Å². The summed E-state index contributed by atoms with van der Waals surface area (Å²) < 4.78 is 32.3. The van der Waals surface area contributed by atoms with Crippen LogP contribution in [0.4, 0.5) is 5.69 Å². The maximum Gasteiger partial charge on any atom is 0.291 e. The fourth-order valence-corrected chi connectivity index (χ4v) is 5.37. The van der Waals surface area contributed by atoms with Gasteiger partial charge in [0.15, 0.2) is 11.5 Å². The third-order valence-electron chi connectivity index (χ3n) is 5.44. The molecule has 0 bridgehead atoms. The van der Waals surface area contributed by atoms with Crippen LogP contribution in [0.3, 0.4) is 0 Å². The Bertz CT molecular complexity index is 1080. The molecule has 0 fully saturated rings. The third-order valence-corrected chi connectivity index (χ3v) is 7.50. The van der Waals surface area contributed by atoms with E-state index < -0.39 is 15.9 Å². The zero-order valence-electron chi connectivity index (χ0n) is 18.0. The van der Waals surface area contributed by atoms with Gasteiger partial charge in [-0.1, -0.05) is 27.7 Å². The maximum atomic E-state index is 12.8. The number of carbonyl (C=O) groups is 2. The van der Waals surface area contributed by atoms with Crippen LogP contribution < -0.4 is 5.32 Å². The number of nitrogens with zero attached hydrogens (tertiary/aromatic N) is 1. The van der Waals surface area contributed by atoms with Gasteiger partial charge in [0, 0.05) is 37.2 Å². The van der Waals surface area contributed by atoms with Crippen LogP contribution in [0.25, 0.3) is 0 Å². The molecule has 162 valence electrons. The smallest absolute Gasteiger partial charge is 0.291 e. The molecule has 1 N–H and O–H groups in total. The van der Waals surface area contributed by atoms with Crippen molar-refractivity contribution in [3.05, 3.63) is 46.9 Å². The van der Waals surface area contributed by atoms with Crippen LogP contribution in [0, 0.1) is 12.3 Å². The first-order valence-corrected chi connectivity index (χ1v) is 11.5. The van der Waals surface area contributed by atoms with E-state index in [-0.39, 0.29) is 21.9 Å². The van der Waals surface area contributed by atoms with Gasteiger partial charge in [0.2, 0.25) is 10.0 Å². The van der Waals surface area contributed by atoms with Gasteiger partial charge in [0.25, 0.3) is 5.91 Å². The topological polar surface area (TPSA) is 96.7 Å². The summed E-state index contributed by atoms with van der Waals surface area (Å²) in [5.74, 6) is 0.199. The molecule has 1 heterocycles. The van der Waals surface area contributed by atoms with Gasteiger partial charge >= 0.3 is 0 Å². The predicted molar refractivity (Wildman–Crippen MR) is 114 cm³/mol. The lowest BCUT2D eigenvalue weighted by Crippen LogP contribution is -2.30. The van der Waals surface area contributed by atoms with Gasteiger partial charge in [-0.05, 0) is 36.6 Å². The highest BCUT2D eigenvalue weighted by Crippen LogP contribution is 2.38. The largest absolute Gasteiger partial charge is 0.455 e. The Balaban J connectivity index is 1.82. The van der Waals surface area contributed by atoms with Crippen molar-refractivity contribution in [2.24, 2.45) is 5.41 Å². The number of carbonyl (C=O) groups excluding carboxylic acids is 2. The van der Waals surface area contributed by atoms with E-state index in [2.05, 4.69) is 5.32 Å². The fraction of sp³-hybridized carbons (Fsp3) is 0.455. The van der Waals surface area contributed by atoms with E-state index in [1.165, 1.54) is 16.4 Å². The molecular formula is C22H28N2O5S. The van der Waals surface area contributed by atoms with Crippen molar-refractivity contribution in [2.45, 2.75) is 52.4 Å². The Labute approximate surface area is 177 Å². The molecule has 1 aromatic carbocycles. The number of hydrogen-bond acceptors (Lipinski definition) is 5. The minimum Gasteiger partial charge on any atom is -0.455 e. The highest BCUT2D eigenvalue weighted by molar-refractivity contribution is 7.89. The predicted octanol–water partition coefficient (Wildman–Crippen LogP) is 4.03. The summed E-state index contributed by atoms with van der Waals surface area (Å²) in [6.07, 6.45) is 1.02. The first-order chi connectivity index (χ1) is 14.0. The van der Waals surface area contributed by atoms with Crippen LogP contribution in [0.15, 0.2) is 33.6 Å². The van der Waals surface area contributed by atoms with Crippen molar-refractivity contribution >= 4 is 27.4 Å². The van der Waals surface area contributed by atoms with Crippen molar-refractivity contribution < 1.29 is 22.4 Å². The second-order valence-electron chi connectivity index (χ2n) is 8.36. The number of rotatable bonds is 6. The lowest BCUT2D eigenvalue weighted by atomic mass is 9.76. The average molecular weight is 433 g/mol. The van der Waals surface area contributed by atoms with E-state index in [1.807, 2.05) is 13.8 Å². The second-order valence-corrected chi connectivity index (χ2v) is 10.3. The van der Waals surface area contributed by atoms with Gasteiger partial charge < -0.3 is 9.73 Å². The van der Waals surface area contributed by atoms with E-state index in [4.69, 9.17) is 4.42 Å². The molecule has 0 spiro atoms. The van der Waals surface area contributed by atoms with Gasteiger partial charge in [-0.25, -0.2) is 8.42 Å². The number of fused-ring (bicyclic) bond motifs is 1. The average Bonchev–Trinajstić information content (AvgIpc) is 2.98. The van der Waals surface area contributed by atoms with Gasteiger partial charge in [-0.15, -0.1) is 0 Å². The molecule has 0 unspecified atom stereocenters. The number of furan rings is 1. The van der Waals surface area contributed by atoms with Crippen molar-refractivity contribution in [1.29, 1.82) is 0 Å². The van der Waals surface area contributed by atoms with E-state index >= 15 is 0 Å². The summed E-state index contributed by atoms with van der Waals surface area (Å²) in [5.41, 5.74) is 1.30. The van der Waals surface area contributed by atoms with Gasteiger partial charge in [-0.2, -0.15) is 4.31 Å². The quantitative estimate of drug-likeness (QED) is 0.743. The van der Waals surface area contributed by atoms with Crippen LogP contribution in [-0.4, -0.2) is 37.5 Å². The van der Waals surface area contributed by atoms with Gasteiger partial charge in [-0.3, -0.25) is 9.59 Å². The number of sulfonamides is 1. The first-order valence-electron chi connectivity index (χ1n) is 10.1. The molecule has 1 aromatic heterocycles. The van der Waals surface area contributed by atoms with Crippen LogP contribution in [0.5, 0.6) is 0 Å². The Morgan fingerprint density at radius 2 is 1.73 bits per heavy atom. The van der Waals surface area contributed by atoms with Crippen molar-refractivity contribution in [3.8, 4) is 0 Å². The molecule has 2 aromatic rings. The number of amides is 1. The van der Waals surface area contributed by atoms with Crippen LogP contribution in [0.2, 0.25) is 0 Å². The number of Topliss-reactive ketones (excluding diaryl/α,β-unsaturated/α-hetero) is 1. The van der Waals surface area contributed by atoms with Crippen molar-refractivity contribution in [3.63, 3.8) is 0 Å². The summed E-state index contributed by atoms with van der Waals surface area (Å²) in [6.45, 7) is 10.1. The molecule has 1 amide bonds. The second kappa shape index (κ2) is 8.00. The maximum absolute atomic E-state index is 12.8. The van der Waals surface area contributed by atoms with E-state index in [0.717, 1.165) is 0 Å². The zero-order valence-corrected chi connectivity index (χ0v) is 18.9. The molecule has 30 heavy (non-hydrogen) atoms. The minimum absolute atomic E-state index is 0.00693. The monoisotopic (exact) mass is 432 g/mol. The summed E-state index contributed by atoms with van der Waals surface area (Å²) >= 11 is 0. The molecule has 0 saturated carbocycles. The zero-order chi connectivity index (χ0) is 22.3. The summed E-state index contributed by atoms with van der Waals surface area (Å²) in [6, 6.07) is 6.02. The van der Waals surface area contributed by atoms with E-state index in [9.17, 15) is 18.0 Å². The Kier molecular flexibility index (Phi) is 5.93. The molecule has 1 aliphatic carbocycles. The van der Waals surface area contributed by atoms with Crippen molar-refractivity contribution in [1.82, 2.24) is 4.31 Å². The lowest BCUT2D eigenvalue weighted by Gasteiger charge is -2.27. The lowest BCUT2D eigenvalue weighted by molar-refractivity contribution is 0.0898. The SMILES string of the molecule is CCN(CC)S(=O)(=O)c1ccc(NC(=O)c2oc3c(c2C)C(=O)CC(C)(C)C3)cc1. The molecule has 1 aliphatic rings. The Hall–Kier alpha value is -2.45. The number of benzene rings is 1.